The van der Waals surface area contributed by atoms with Gasteiger partial charge in [-0.3, -0.25) is 0 Å². The topological polar surface area (TPSA) is 54.4 Å². The molecule has 0 aliphatic heterocycles. The molecule has 0 radical (unpaired) electrons. The van der Waals surface area contributed by atoms with Crippen molar-refractivity contribution in [3.8, 4) is 0 Å². The van der Waals surface area contributed by atoms with E-state index in [9.17, 15) is 9.59 Å². The van der Waals surface area contributed by atoms with E-state index in [1.807, 2.05) is 0 Å². The fraction of sp³-hybridized carbons (Fsp3) is 0.429. The van der Waals surface area contributed by atoms with Crippen molar-refractivity contribution in [3.63, 3.8) is 0 Å². The second kappa shape index (κ2) is 3.82. The first kappa shape index (κ1) is 8.88. The standard InChI is InChI=1S/C7H10O3/c1-5(7(9)10)3-4-6(2)8/h1,3-4H2,2H3,(H,9,10). The lowest BCUT2D eigenvalue weighted by Gasteiger charge is -1.94. The normalized spacial score (nSPS) is 8.90. The molecule has 3 nitrogen and oxygen atoms in total. The van der Waals surface area contributed by atoms with Crippen LogP contribution in [0.5, 0.6) is 0 Å². The maximum atomic E-state index is 10.3. The first-order valence-electron chi connectivity index (χ1n) is 2.94. The van der Waals surface area contributed by atoms with Gasteiger partial charge in [-0.05, 0) is 13.3 Å². The van der Waals surface area contributed by atoms with Crippen LogP contribution >= 0.6 is 0 Å². The Balaban J connectivity index is 3.60. The van der Waals surface area contributed by atoms with Gasteiger partial charge in [-0.25, -0.2) is 4.79 Å². The highest BCUT2D eigenvalue weighted by Crippen LogP contribution is 2.01. The summed E-state index contributed by atoms with van der Waals surface area (Å²) in [6, 6.07) is 0. The molecular weight excluding hydrogens is 132 g/mol. The minimum absolute atomic E-state index is 0.0117. The van der Waals surface area contributed by atoms with Gasteiger partial charge in [0.25, 0.3) is 0 Å². The first-order valence-corrected chi connectivity index (χ1v) is 2.94. The molecule has 0 fully saturated rings. The molecule has 0 heterocycles. The molecule has 0 aliphatic rings. The highest BCUT2D eigenvalue weighted by molar-refractivity contribution is 5.87. The molecule has 0 aliphatic carbocycles. The predicted octanol–water partition coefficient (Wildman–Crippen LogP) is 0.996. The Labute approximate surface area is 59.4 Å². The number of ketones is 1. The molecule has 56 valence electrons. The Kier molecular flexibility index (Phi) is 3.39. The summed E-state index contributed by atoms with van der Waals surface area (Å²) in [4.78, 5) is 20.4. The number of hydrogen-bond donors (Lipinski definition) is 1. The Hall–Kier alpha value is -1.12. The van der Waals surface area contributed by atoms with Crippen molar-refractivity contribution in [1.82, 2.24) is 0 Å². The van der Waals surface area contributed by atoms with Gasteiger partial charge in [-0.2, -0.15) is 0 Å². The lowest BCUT2D eigenvalue weighted by atomic mass is 10.1. The molecule has 0 saturated heterocycles. The lowest BCUT2D eigenvalue weighted by Crippen LogP contribution is -2.00. The van der Waals surface area contributed by atoms with E-state index in [1.54, 1.807) is 0 Å². The molecule has 0 aromatic carbocycles. The first-order chi connectivity index (χ1) is 4.54. The Morgan fingerprint density at radius 3 is 2.20 bits per heavy atom. The van der Waals surface area contributed by atoms with Crippen LogP contribution in [0.15, 0.2) is 12.2 Å². The van der Waals surface area contributed by atoms with E-state index >= 15 is 0 Å². The average molecular weight is 142 g/mol. The number of rotatable bonds is 4. The number of carboxylic acids is 1. The molecule has 0 atom stereocenters. The van der Waals surface area contributed by atoms with Crippen LogP contribution in [-0.4, -0.2) is 16.9 Å². The van der Waals surface area contributed by atoms with Crippen LogP contribution in [0.2, 0.25) is 0 Å². The van der Waals surface area contributed by atoms with Gasteiger partial charge in [-0.15, -0.1) is 0 Å². The molecule has 0 bridgehead atoms. The molecular formula is C7H10O3. The number of carbonyl (C=O) groups is 2. The molecule has 1 N–H and O–H groups in total. The third-order valence-electron chi connectivity index (χ3n) is 1.08. The highest BCUT2D eigenvalue weighted by atomic mass is 16.4. The molecule has 0 aromatic heterocycles. The van der Waals surface area contributed by atoms with Crippen molar-refractivity contribution in [3.05, 3.63) is 12.2 Å². The third-order valence-corrected chi connectivity index (χ3v) is 1.08. The molecule has 10 heavy (non-hydrogen) atoms. The second-order valence-corrected chi connectivity index (χ2v) is 2.11. The predicted molar refractivity (Wildman–Crippen MR) is 36.7 cm³/mol. The van der Waals surface area contributed by atoms with Crippen LogP contribution in [0, 0.1) is 0 Å². The lowest BCUT2D eigenvalue weighted by molar-refractivity contribution is -0.132. The largest absolute Gasteiger partial charge is 0.478 e. The van der Waals surface area contributed by atoms with Gasteiger partial charge in [0.15, 0.2) is 0 Å². The molecule has 0 amide bonds. The maximum Gasteiger partial charge on any atom is 0.330 e. The summed E-state index contributed by atoms with van der Waals surface area (Å²) in [5, 5.41) is 8.28. The molecule has 0 spiro atoms. The molecule has 0 unspecified atom stereocenters. The van der Waals surface area contributed by atoms with E-state index in [0.717, 1.165) is 0 Å². The molecule has 0 aromatic rings. The van der Waals surface area contributed by atoms with Gasteiger partial charge in [0.05, 0.1) is 0 Å². The quantitative estimate of drug-likeness (QED) is 0.595. The number of aliphatic carboxylic acids is 1. The number of hydrogen-bond acceptors (Lipinski definition) is 2. The SMILES string of the molecule is C=C(CCC(C)=O)C(=O)O. The summed E-state index contributed by atoms with van der Waals surface area (Å²) in [7, 11) is 0. The van der Waals surface area contributed by atoms with Crippen LogP contribution < -0.4 is 0 Å². The van der Waals surface area contributed by atoms with Crippen molar-refractivity contribution in [2.24, 2.45) is 0 Å². The Morgan fingerprint density at radius 1 is 1.40 bits per heavy atom. The average Bonchev–Trinajstić information content (AvgIpc) is 1.82. The van der Waals surface area contributed by atoms with E-state index in [1.165, 1.54) is 6.92 Å². The number of carboxylic acid groups (broad SMARTS) is 1. The number of carbonyl (C=O) groups excluding carboxylic acids is 1. The van der Waals surface area contributed by atoms with E-state index in [4.69, 9.17) is 5.11 Å². The maximum absolute atomic E-state index is 10.3. The van der Waals surface area contributed by atoms with Gasteiger partial charge in [-0.1, -0.05) is 6.58 Å². The van der Waals surface area contributed by atoms with Crippen LogP contribution in [0.1, 0.15) is 19.8 Å². The summed E-state index contributed by atoms with van der Waals surface area (Å²) >= 11 is 0. The second-order valence-electron chi connectivity index (χ2n) is 2.11. The van der Waals surface area contributed by atoms with Crippen molar-refractivity contribution in [1.29, 1.82) is 0 Å². The summed E-state index contributed by atoms with van der Waals surface area (Å²) in [6.07, 6.45) is 0.524. The monoisotopic (exact) mass is 142 g/mol. The van der Waals surface area contributed by atoms with E-state index in [2.05, 4.69) is 6.58 Å². The van der Waals surface area contributed by atoms with E-state index in [0.29, 0.717) is 0 Å². The van der Waals surface area contributed by atoms with Crippen molar-refractivity contribution < 1.29 is 14.7 Å². The Bertz CT molecular complexity index is 170. The van der Waals surface area contributed by atoms with Crippen molar-refractivity contribution in [2.75, 3.05) is 0 Å². The molecule has 3 heteroatoms. The minimum atomic E-state index is -1.03. The zero-order valence-electron chi connectivity index (χ0n) is 5.89. The van der Waals surface area contributed by atoms with E-state index < -0.39 is 5.97 Å². The summed E-state index contributed by atoms with van der Waals surface area (Å²) in [6.45, 7) is 4.70. The fourth-order valence-electron chi connectivity index (χ4n) is 0.434. The van der Waals surface area contributed by atoms with Crippen LogP contribution in [0.3, 0.4) is 0 Å². The van der Waals surface area contributed by atoms with E-state index in [-0.39, 0.29) is 24.2 Å². The summed E-state index contributed by atoms with van der Waals surface area (Å²) < 4.78 is 0. The summed E-state index contributed by atoms with van der Waals surface area (Å²) in [5.41, 5.74) is 0.0928. The van der Waals surface area contributed by atoms with Crippen molar-refractivity contribution >= 4 is 11.8 Å². The molecule has 0 rings (SSSR count). The highest BCUT2D eigenvalue weighted by Gasteiger charge is 2.03. The fourth-order valence-corrected chi connectivity index (χ4v) is 0.434. The number of Topliss-reactive ketones (excluding diaryl/α,β-unsaturated/α-hetero) is 1. The summed E-state index contributed by atoms with van der Waals surface area (Å²) in [5.74, 6) is -1.04. The minimum Gasteiger partial charge on any atom is -0.478 e. The van der Waals surface area contributed by atoms with Gasteiger partial charge in [0.1, 0.15) is 5.78 Å². The smallest absolute Gasteiger partial charge is 0.330 e. The van der Waals surface area contributed by atoms with Crippen molar-refractivity contribution in [2.45, 2.75) is 19.8 Å². The van der Waals surface area contributed by atoms with Gasteiger partial charge < -0.3 is 9.90 Å². The van der Waals surface area contributed by atoms with Crippen LogP contribution in [0.4, 0.5) is 0 Å². The van der Waals surface area contributed by atoms with Gasteiger partial charge in [0, 0.05) is 12.0 Å². The van der Waals surface area contributed by atoms with Gasteiger partial charge >= 0.3 is 5.97 Å². The van der Waals surface area contributed by atoms with Crippen LogP contribution in [0.25, 0.3) is 0 Å². The Morgan fingerprint density at radius 2 is 1.90 bits per heavy atom. The van der Waals surface area contributed by atoms with Crippen LogP contribution in [-0.2, 0) is 9.59 Å². The molecule has 0 saturated carbocycles. The third kappa shape index (κ3) is 3.83. The van der Waals surface area contributed by atoms with Gasteiger partial charge in [0.2, 0.25) is 0 Å². The zero-order chi connectivity index (χ0) is 8.15. The zero-order valence-corrected chi connectivity index (χ0v) is 5.89.